The van der Waals surface area contributed by atoms with E-state index < -0.39 is 5.91 Å². The number of methoxy groups -OCH3 is 1. The second-order valence-corrected chi connectivity index (χ2v) is 4.46. The van der Waals surface area contributed by atoms with Gasteiger partial charge in [-0.15, -0.1) is 0 Å². The fourth-order valence-electron chi connectivity index (χ4n) is 1.75. The Hall–Kier alpha value is -3.02. The van der Waals surface area contributed by atoms with E-state index in [1.807, 2.05) is 0 Å². The van der Waals surface area contributed by atoms with E-state index in [2.05, 4.69) is 5.32 Å². The van der Waals surface area contributed by atoms with Gasteiger partial charge in [0, 0.05) is 17.3 Å². The predicted molar refractivity (Wildman–Crippen MR) is 82.1 cm³/mol. The van der Waals surface area contributed by atoms with Crippen LogP contribution in [0.5, 0.6) is 11.5 Å². The molecule has 0 saturated carbocycles. The molecule has 0 saturated heterocycles. The summed E-state index contributed by atoms with van der Waals surface area (Å²) >= 11 is 0. The molecular weight excluding hydrogens is 284 g/mol. The third-order valence-electron chi connectivity index (χ3n) is 2.86. The molecule has 0 spiro atoms. The molecule has 0 fully saturated rings. The van der Waals surface area contributed by atoms with Crippen molar-refractivity contribution in [3.63, 3.8) is 0 Å². The van der Waals surface area contributed by atoms with Crippen LogP contribution in [0.1, 0.15) is 10.4 Å². The second-order valence-electron chi connectivity index (χ2n) is 4.46. The molecule has 0 aliphatic carbocycles. The van der Waals surface area contributed by atoms with Crippen LogP contribution in [-0.4, -0.2) is 25.5 Å². The van der Waals surface area contributed by atoms with Gasteiger partial charge in [0.05, 0.1) is 7.11 Å². The Kier molecular flexibility index (Phi) is 4.98. The number of carbonyl (C=O) groups excluding carboxylic acids is 2. The molecule has 0 bridgehead atoms. The van der Waals surface area contributed by atoms with E-state index in [1.165, 1.54) is 0 Å². The average molecular weight is 300 g/mol. The summed E-state index contributed by atoms with van der Waals surface area (Å²) < 4.78 is 10.4. The van der Waals surface area contributed by atoms with Crippen LogP contribution in [0.4, 0.5) is 5.69 Å². The zero-order chi connectivity index (χ0) is 15.9. The Morgan fingerprint density at radius 3 is 2.41 bits per heavy atom. The molecule has 0 aliphatic rings. The van der Waals surface area contributed by atoms with Gasteiger partial charge < -0.3 is 20.5 Å². The smallest absolute Gasteiger partial charge is 0.262 e. The van der Waals surface area contributed by atoms with Crippen LogP contribution in [0.15, 0.2) is 48.5 Å². The molecule has 0 aromatic heterocycles. The van der Waals surface area contributed by atoms with Crippen molar-refractivity contribution in [3.8, 4) is 11.5 Å². The molecule has 0 unspecified atom stereocenters. The van der Waals surface area contributed by atoms with E-state index >= 15 is 0 Å². The molecular formula is C16H16N2O4. The van der Waals surface area contributed by atoms with Gasteiger partial charge in [-0.05, 0) is 36.4 Å². The van der Waals surface area contributed by atoms with Gasteiger partial charge in [0.2, 0.25) is 5.91 Å². The molecule has 2 aromatic carbocycles. The predicted octanol–water partition coefficient (Wildman–Crippen LogP) is 1.81. The average Bonchev–Trinajstić information content (AvgIpc) is 2.53. The molecule has 114 valence electrons. The van der Waals surface area contributed by atoms with Crippen molar-refractivity contribution in [1.29, 1.82) is 0 Å². The topological polar surface area (TPSA) is 90.7 Å². The normalized spacial score (nSPS) is 9.86. The Bertz CT molecular complexity index is 668. The number of benzene rings is 2. The minimum absolute atomic E-state index is 0.134. The highest BCUT2D eigenvalue weighted by molar-refractivity contribution is 5.95. The number of hydrogen-bond acceptors (Lipinski definition) is 4. The molecule has 2 rings (SSSR count). The molecule has 2 amide bonds. The minimum atomic E-state index is -0.515. The Morgan fingerprint density at radius 1 is 1.09 bits per heavy atom. The van der Waals surface area contributed by atoms with Crippen molar-refractivity contribution in [2.24, 2.45) is 5.73 Å². The highest BCUT2D eigenvalue weighted by atomic mass is 16.5. The van der Waals surface area contributed by atoms with Gasteiger partial charge in [0.1, 0.15) is 11.5 Å². The summed E-state index contributed by atoms with van der Waals surface area (Å²) in [5.74, 6) is 0.368. The summed E-state index contributed by atoms with van der Waals surface area (Å²) in [5, 5.41) is 2.66. The summed E-state index contributed by atoms with van der Waals surface area (Å²) in [4.78, 5) is 22.8. The maximum Gasteiger partial charge on any atom is 0.262 e. The largest absolute Gasteiger partial charge is 0.497 e. The molecule has 3 N–H and O–H groups in total. The van der Waals surface area contributed by atoms with Gasteiger partial charge in [0.25, 0.3) is 5.91 Å². The van der Waals surface area contributed by atoms with E-state index in [9.17, 15) is 9.59 Å². The lowest BCUT2D eigenvalue weighted by Crippen LogP contribution is -2.20. The van der Waals surface area contributed by atoms with Crippen molar-refractivity contribution in [2.45, 2.75) is 0 Å². The van der Waals surface area contributed by atoms with Gasteiger partial charge in [0.15, 0.2) is 6.61 Å². The first-order valence-electron chi connectivity index (χ1n) is 6.55. The summed E-state index contributed by atoms with van der Waals surface area (Å²) in [5.41, 5.74) is 6.08. The van der Waals surface area contributed by atoms with E-state index in [0.29, 0.717) is 22.7 Å². The molecule has 0 aliphatic heterocycles. The number of carbonyl (C=O) groups is 2. The van der Waals surface area contributed by atoms with E-state index in [-0.39, 0.29) is 12.5 Å². The zero-order valence-electron chi connectivity index (χ0n) is 12.0. The summed E-state index contributed by atoms with van der Waals surface area (Å²) in [6, 6.07) is 13.3. The van der Waals surface area contributed by atoms with Crippen molar-refractivity contribution in [3.05, 3.63) is 54.1 Å². The summed E-state index contributed by atoms with van der Waals surface area (Å²) in [6.45, 7) is -0.134. The van der Waals surface area contributed by atoms with Crippen LogP contribution in [0.25, 0.3) is 0 Å². The third kappa shape index (κ3) is 4.24. The monoisotopic (exact) mass is 300 g/mol. The standard InChI is InChI=1S/C16H16N2O4/c1-21-13-3-2-4-14(9-13)22-10-15(19)18-12-7-5-11(6-8-12)16(17)20/h2-9H,10H2,1H3,(H2,17,20)(H,18,19). The lowest BCUT2D eigenvalue weighted by atomic mass is 10.2. The van der Waals surface area contributed by atoms with Gasteiger partial charge in [-0.3, -0.25) is 9.59 Å². The number of amides is 2. The van der Waals surface area contributed by atoms with E-state index in [4.69, 9.17) is 15.2 Å². The number of hydrogen-bond donors (Lipinski definition) is 2. The maximum atomic E-state index is 11.8. The first kappa shape index (κ1) is 15.4. The summed E-state index contributed by atoms with van der Waals surface area (Å²) in [7, 11) is 1.56. The fourth-order valence-corrected chi connectivity index (χ4v) is 1.75. The van der Waals surface area contributed by atoms with Crippen molar-refractivity contribution in [1.82, 2.24) is 0 Å². The number of nitrogens with two attached hydrogens (primary N) is 1. The van der Waals surface area contributed by atoms with Crippen LogP contribution >= 0.6 is 0 Å². The highest BCUT2D eigenvalue weighted by Crippen LogP contribution is 2.18. The minimum Gasteiger partial charge on any atom is -0.497 e. The SMILES string of the molecule is COc1cccc(OCC(=O)Nc2ccc(C(N)=O)cc2)c1. The summed E-state index contributed by atoms with van der Waals surface area (Å²) in [6.07, 6.45) is 0. The van der Waals surface area contributed by atoms with Gasteiger partial charge >= 0.3 is 0 Å². The number of rotatable bonds is 6. The molecule has 6 heteroatoms. The van der Waals surface area contributed by atoms with E-state index in [1.54, 1.807) is 55.6 Å². The molecule has 2 aromatic rings. The fraction of sp³-hybridized carbons (Fsp3) is 0.125. The van der Waals surface area contributed by atoms with Gasteiger partial charge in [-0.25, -0.2) is 0 Å². The third-order valence-corrected chi connectivity index (χ3v) is 2.86. The lowest BCUT2D eigenvalue weighted by Gasteiger charge is -2.08. The second kappa shape index (κ2) is 7.12. The molecule has 0 radical (unpaired) electrons. The maximum absolute atomic E-state index is 11.8. The first-order chi connectivity index (χ1) is 10.6. The van der Waals surface area contributed by atoms with Crippen LogP contribution in [0.3, 0.4) is 0 Å². The van der Waals surface area contributed by atoms with Crippen LogP contribution in [-0.2, 0) is 4.79 Å². The van der Waals surface area contributed by atoms with Gasteiger partial charge in [-0.1, -0.05) is 6.07 Å². The molecule has 0 atom stereocenters. The van der Waals surface area contributed by atoms with Crippen LogP contribution in [0, 0.1) is 0 Å². The Balaban J connectivity index is 1.88. The van der Waals surface area contributed by atoms with Crippen molar-refractivity contribution in [2.75, 3.05) is 19.0 Å². The molecule has 22 heavy (non-hydrogen) atoms. The highest BCUT2D eigenvalue weighted by Gasteiger charge is 2.05. The first-order valence-corrected chi connectivity index (χ1v) is 6.55. The lowest BCUT2D eigenvalue weighted by molar-refractivity contribution is -0.118. The Labute approximate surface area is 127 Å². The van der Waals surface area contributed by atoms with Crippen molar-refractivity contribution >= 4 is 17.5 Å². The number of nitrogens with one attached hydrogen (secondary N) is 1. The number of primary amides is 1. The zero-order valence-corrected chi connectivity index (χ0v) is 12.0. The van der Waals surface area contributed by atoms with Crippen LogP contribution < -0.4 is 20.5 Å². The number of anilines is 1. The number of ether oxygens (including phenoxy) is 2. The van der Waals surface area contributed by atoms with Crippen molar-refractivity contribution < 1.29 is 19.1 Å². The van der Waals surface area contributed by atoms with E-state index in [0.717, 1.165) is 0 Å². The van der Waals surface area contributed by atoms with Gasteiger partial charge in [-0.2, -0.15) is 0 Å². The molecule has 6 nitrogen and oxygen atoms in total. The quantitative estimate of drug-likeness (QED) is 0.851. The Morgan fingerprint density at radius 2 is 1.77 bits per heavy atom. The molecule has 0 heterocycles. The van der Waals surface area contributed by atoms with Crippen LogP contribution in [0.2, 0.25) is 0 Å².